The third-order valence-electron chi connectivity index (χ3n) is 10.1. The van der Waals surface area contributed by atoms with E-state index in [4.69, 9.17) is 32.5 Å². The molecular weight excluding hydrogens is 1360 g/mol. The fourth-order valence-corrected chi connectivity index (χ4v) is 24.3. The second-order valence-electron chi connectivity index (χ2n) is 26.6. The summed E-state index contributed by atoms with van der Waals surface area (Å²) in [5.74, 6) is 0. The van der Waals surface area contributed by atoms with Crippen LogP contribution in [0.4, 0.5) is 0 Å². The zero-order valence-corrected chi connectivity index (χ0v) is 66.4. The molecule has 0 N–H and O–H groups in total. The average molecular weight is 1470 g/mol. The van der Waals surface area contributed by atoms with Crippen molar-refractivity contribution in [2.45, 2.75) is 241 Å². The van der Waals surface area contributed by atoms with Crippen molar-refractivity contribution in [3.05, 3.63) is 125 Å². The Morgan fingerprint density at radius 3 is 0.537 bits per heavy atom. The monoisotopic (exact) mass is 1470 g/mol. The number of rotatable bonds is 6. The van der Waals surface area contributed by atoms with Crippen LogP contribution in [-0.2, 0) is 76.5 Å². The molecule has 0 aliphatic carbocycles. The average Bonchev–Trinajstić information content (AvgIpc) is 4.07. The number of benzene rings is 1. The predicted octanol–water partition coefficient (Wildman–Crippen LogP) is 11.1. The van der Waals surface area contributed by atoms with Gasteiger partial charge in [-0.05, 0) is 49.6 Å². The maximum Gasteiger partial charge on any atom is 1.00 e. The summed E-state index contributed by atoms with van der Waals surface area (Å²) in [5.41, 5.74) is 0. The van der Waals surface area contributed by atoms with Gasteiger partial charge in [-0.1, -0.05) is 236 Å². The van der Waals surface area contributed by atoms with Crippen molar-refractivity contribution in [1.29, 1.82) is 0 Å². The largest absolute Gasteiger partial charge is 1.00 e. The summed E-state index contributed by atoms with van der Waals surface area (Å²) < 4.78 is 32.1. The number of aromatic nitrogens is 8. The summed E-state index contributed by atoms with van der Waals surface area (Å²) in [6, 6.07) is 12.0. The number of hydrogen-bond acceptors (Lipinski definition) is 0. The Balaban J connectivity index is -0.000000133. The molecule has 10 nitrogen and oxygen atoms in total. The molecule has 0 atom stereocenters. The normalized spacial score (nSPS) is 11.3. The second kappa shape index (κ2) is 45.9. The van der Waals surface area contributed by atoms with Crippen molar-refractivity contribution >= 4 is 55.5 Å². The van der Waals surface area contributed by atoms with Crippen molar-refractivity contribution < 1.29 is 91.3 Å². The molecule has 20 heteroatoms. The first-order valence-corrected chi connectivity index (χ1v) is 33.2. The van der Waals surface area contributed by atoms with Gasteiger partial charge >= 0.3 is 61.6 Å². The molecule has 0 saturated carbocycles. The van der Waals surface area contributed by atoms with E-state index in [0.717, 1.165) is 0 Å². The summed E-state index contributed by atoms with van der Waals surface area (Å²) in [7, 11) is 6.99. The van der Waals surface area contributed by atoms with Gasteiger partial charge in [0.15, 0.2) is 0 Å². The summed E-state index contributed by atoms with van der Waals surface area (Å²) in [5, 5.41) is 2.61. The minimum absolute atomic E-state index is 0. The Hall–Kier alpha value is -0.333. The number of aryl methyl sites for hydroxylation is 4. The fourth-order valence-electron chi connectivity index (χ4n) is 9.36. The van der Waals surface area contributed by atoms with Gasteiger partial charge in [0.25, 0.3) is 0 Å². The minimum atomic E-state index is -0.277. The van der Waals surface area contributed by atoms with Crippen LogP contribution in [0.15, 0.2) is 86.0 Å². The van der Waals surface area contributed by atoms with Crippen LogP contribution < -0.4 is 43.1 Å². The standard InChI is InChI=1S/4C12H23N2P.C6H6.C5H12.CH2Cl2.2CO.2ClH.2Ru/c4*1-11(2,3)15(12(4,5)6)14-9-8-13(7)10-14;1-2-4-6-5-3-1;1-3-5-4-2;2-1-3;2*1-2;;;;/h4*8-9H,1-7H3;1-6H;3-5H2,1-2H3;1H2;;;2*1H;;/q;;;;;;;;;;;2*+1/p-2. The van der Waals surface area contributed by atoms with Crippen molar-refractivity contribution in [1.82, 2.24) is 17.4 Å². The Labute approximate surface area is 558 Å². The Bertz CT molecular complexity index is 1960. The van der Waals surface area contributed by atoms with Gasteiger partial charge in [-0.2, -0.15) is 0 Å². The zero-order valence-electron chi connectivity index (χ0n) is 56.3. The molecular formula is C62H112Cl4N8O2P4Ru2. The second-order valence-corrected chi connectivity index (χ2v) is 42.4. The SMILES string of the molecule is CCCCC.C[n+]1[c-]n(P(C(C)(C)C)C(C)(C)C)cc1.C[n+]1[c-]n(P(C(C)(C)C)C(C)(C)C)cc1.C[n+]1[c-]n(P(C(C)(C)C)C(C)(C)C)cc1.C[n+]1[c-]n(P(C(C)(C)C)C(C)(C)C)cc1.ClCCl.[C-]#[O+].[C-]#[O+].[Cl-].[Cl-].[Ru+].[Ru+].c1ccccc1. The van der Waals surface area contributed by atoms with E-state index in [2.05, 4.69) is 286 Å². The number of alkyl halides is 2. The first kappa shape index (κ1) is 97.9. The van der Waals surface area contributed by atoms with Gasteiger partial charge in [0, 0.05) is 41.2 Å². The van der Waals surface area contributed by atoms with E-state index in [9.17, 15) is 0 Å². The first-order valence-electron chi connectivity index (χ1n) is 26.9. The minimum Gasteiger partial charge on any atom is -1.00 e. The van der Waals surface area contributed by atoms with Crippen LogP contribution in [0.2, 0.25) is 0 Å². The van der Waals surface area contributed by atoms with E-state index in [1.54, 1.807) is 0 Å². The summed E-state index contributed by atoms with van der Waals surface area (Å²) in [6.45, 7) is 69.0. The predicted molar refractivity (Wildman–Crippen MR) is 341 cm³/mol. The Morgan fingerprint density at radius 1 is 0.354 bits per heavy atom. The molecule has 0 bridgehead atoms. The van der Waals surface area contributed by atoms with E-state index in [1.807, 2.05) is 82.9 Å². The molecule has 0 unspecified atom stereocenters. The van der Waals surface area contributed by atoms with Crippen molar-refractivity contribution in [2.24, 2.45) is 28.2 Å². The van der Waals surface area contributed by atoms with Gasteiger partial charge in [0.05, 0.1) is 65.8 Å². The van der Waals surface area contributed by atoms with Gasteiger partial charge in [-0.25, -0.2) is 0 Å². The van der Waals surface area contributed by atoms with E-state index >= 15 is 0 Å². The Kier molecular flexibility index (Phi) is 54.8. The van der Waals surface area contributed by atoms with Crippen LogP contribution in [-0.4, -0.2) is 63.9 Å². The van der Waals surface area contributed by atoms with Crippen molar-refractivity contribution in [3.63, 3.8) is 0 Å². The van der Waals surface area contributed by atoms with Gasteiger partial charge < -0.3 is 60.4 Å². The number of halogens is 4. The maximum atomic E-state index is 7.50. The van der Waals surface area contributed by atoms with Gasteiger partial charge in [0.2, 0.25) is 25.3 Å². The van der Waals surface area contributed by atoms with Gasteiger partial charge in [-0.15, -0.1) is 23.2 Å². The number of hydrogen-bond donors (Lipinski definition) is 0. The van der Waals surface area contributed by atoms with Gasteiger partial charge in [-0.3, -0.25) is 0 Å². The molecule has 0 spiro atoms. The molecule has 476 valence electrons. The molecule has 0 aliphatic rings. The zero-order chi connectivity index (χ0) is 62.5. The first-order chi connectivity index (χ1) is 35.3. The van der Waals surface area contributed by atoms with Crippen LogP contribution in [0.25, 0.3) is 0 Å². The van der Waals surface area contributed by atoms with Crippen LogP contribution in [0.5, 0.6) is 0 Å². The van der Waals surface area contributed by atoms with Crippen LogP contribution in [0.1, 0.15) is 199 Å². The Morgan fingerprint density at radius 2 is 0.476 bits per heavy atom. The maximum absolute atomic E-state index is 7.50. The molecule has 2 radical (unpaired) electrons. The van der Waals surface area contributed by atoms with Crippen molar-refractivity contribution in [3.8, 4) is 0 Å². The van der Waals surface area contributed by atoms with E-state index in [-0.39, 0.29) is 101 Å². The van der Waals surface area contributed by atoms with E-state index < -0.39 is 0 Å². The summed E-state index contributed by atoms with van der Waals surface area (Å²) in [6.07, 6.45) is 34.3. The van der Waals surface area contributed by atoms with Crippen LogP contribution >= 0.6 is 55.5 Å². The number of imidazole rings is 4. The fraction of sp³-hybridized carbons (Fsp3) is 0.677. The molecule has 0 fully saturated rings. The molecule has 0 saturated heterocycles. The molecule has 4 heterocycles. The molecule has 0 amide bonds. The number of unbranched alkanes of at least 4 members (excludes halogenated alkanes) is 2. The van der Waals surface area contributed by atoms with E-state index in [0.29, 0.717) is 41.2 Å². The molecule has 82 heavy (non-hydrogen) atoms. The number of nitrogens with zero attached hydrogens (tertiary/aromatic N) is 8. The van der Waals surface area contributed by atoms with Crippen molar-refractivity contribution in [2.75, 3.05) is 5.34 Å². The molecule has 1 aromatic carbocycles. The van der Waals surface area contributed by atoms with Gasteiger partial charge in [0.1, 0.15) is 0 Å². The van der Waals surface area contributed by atoms with Crippen LogP contribution in [0, 0.1) is 38.6 Å². The summed E-state index contributed by atoms with van der Waals surface area (Å²) in [4.78, 5) is 0. The van der Waals surface area contributed by atoms with E-state index in [1.165, 1.54) is 19.3 Å². The molecule has 5 aromatic rings. The third kappa shape index (κ3) is 42.5. The molecule has 0 aliphatic heterocycles. The third-order valence-corrected chi connectivity index (χ3v) is 22.9. The molecule has 4 aromatic heterocycles. The smallest absolute Gasteiger partial charge is 1.00 e. The molecule has 5 rings (SSSR count). The topological polar surface area (TPSA) is 75.0 Å². The van der Waals surface area contributed by atoms with Crippen LogP contribution in [0.3, 0.4) is 0 Å². The quantitative estimate of drug-likeness (QED) is 0.0406. The summed E-state index contributed by atoms with van der Waals surface area (Å²) >= 11 is 9.53.